The van der Waals surface area contributed by atoms with E-state index in [9.17, 15) is 0 Å². The molecule has 3 nitrogen and oxygen atoms in total. The molecule has 1 N–H and O–H groups in total. The predicted octanol–water partition coefficient (Wildman–Crippen LogP) is 11.3. The number of rotatable bonds is 5. The van der Waals surface area contributed by atoms with E-state index in [2.05, 4.69) is 144 Å². The van der Waals surface area contributed by atoms with E-state index < -0.39 is 5.41 Å². The van der Waals surface area contributed by atoms with Gasteiger partial charge in [0.15, 0.2) is 11.5 Å². The monoisotopic (exact) mass is 627 g/mol. The molecule has 0 saturated carbocycles. The van der Waals surface area contributed by atoms with Crippen LogP contribution in [0.15, 0.2) is 97.1 Å². The highest BCUT2D eigenvalue weighted by atomic mass is 16.5. The van der Waals surface area contributed by atoms with Crippen molar-refractivity contribution in [2.24, 2.45) is 0 Å². The zero-order chi connectivity index (χ0) is 33.5. The third-order valence-corrected chi connectivity index (χ3v) is 10.9. The molecule has 6 aromatic rings. The van der Waals surface area contributed by atoms with Crippen LogP contribution in [0, 0.1) is 41.5 Å². The number of nitrogens with one attached hydrogen (secondary N) is 1. The largest absolute Gasteiger partial charge is 0.493 e. The Bertz CT molecular complexity index is 2310. The molecule has 8 rings (SSSR count). The van der Waals surface area contributed by atoms with Gasteiger partial charge in [-0.3, -0.25) is 0 Å². The Labute approximate surface area is 284 Å². The Morgan fingerprint density at radius 3 is 1.71 bits per heavy atom. The fourth-order valence-corrected chi connectivity index (χ4v) is 8.06. The van der Waals surface area contributed by atoms with Gasteiger partial charge in [0.1, 0.15) is 0 Å². The minimum absolute atomic E-state index is 0.501. The molecule has 1 atom stereocenters. The highest BCUT2D eigenvalue weighted by molar-refractivity contribution is 5.97. The lowest BCUT2D eigenvalue weighted by Crippen LogP contribution is -2.26. The van der Waals surface area contributed by atoms with Gasteiger partial charge in [-0.1, -0.05) is 66.2 Å². The smallest absolute Gasteiger partial charge is 0.161 e. The van der Waals surface area contributed by atoms with Gasteiger partial charge in [-0.15, -0.1) is 0 Å². The summed E-state index contributed by atoms with van der Waals surface area (Å²) < 4.78 is 11.8. The summed E-state index contributed by atoms with van der Waals surface area (Å²) in [6, 6.07) is 36.4. The number of aryl methyl sites for hydroxylation is 6. The lowest BCUT2D eigenvalue weighted by Gasteiger charge is -2.31. The van der Waals surface area contributed by atoms with Crippen LogP contribution in [0.1, 0.15) is 55.6 Å². The first-order chi connectivity index (χ1) is 23.1. The number of hydrogen-bond donors (Lipinski definition) is 1. The second-order valence-electron chi connectivity index (χ2n) is 13.7. The van der Waals surface area contributed by atoms with Crippen LogP contribution < -0.4 is 14.8 Å². The van der Waals surface area contributed by atoms with Gasteiger partial charge in [0.25, 0.3) is 0 Å². The Morgan fingerprint density at radius 2 is 1.00 bits per heavy atom. The van der Waals surface area contributed by atoms with Crippen molar-refractivity contribution in [3.8, 4) is 44.9 Å². The lowest BCUT2D eigenvalue weighted by atomic mass is 9.70. The van der Waals surface area contributed by atoms with Crippen LogP contribution in [-0.4, -0.2) is 14.2 Å². The normalized spacial score (nSPS) is 15.2. The van der Waals surface area contributed by atoms with E-state index in [1.54, 1.807) is 14.2 Å². The molecule has 1 spiro atoms. The summed E-state index contributed by atoms with van der Waals surface area (Å²) in [6.07, 6.45) is 0. The van der Waals surface area contributed by atoms with Crippen LogP contribution in [0.2, 0.25) is 0 Å². The van der Waals surface area contributed by atoms with Gasteiger partial charge in [-0.2, -0.15) is 0 Å². The SMILES string of the molecule is COc1cc2c(cc1OC)C1(c3cc(C)ccc3-2)c2cc(Nc3ccc(-c4ccc(C)c(C)c4)cc3C)ccc2-c2cc(C)c(C)cc21. The minimum atomic E-state index is -0.501. The Kier molecular flexibility index (Phi) is 6.82. The van der Waals surface area contributed by atoms with Crippen LogP contribution >= 0.6 is 0 Å². The maximum absolute atomic E-state index is 5.94. The molecule has 6 aromatic carbocycles. The summed E-state index contributed by atoms with van der Waals surface area (Å²) in [5.41, 5.74) is 22.0. The summed E-state index contributed by atoms with van der Waals surface area (Å²) in [7, 11) is 3.44. The number of ether oxygens (including phenoxy) is 2. The molecule has 0 saturated heterocycles. The van der Waals surface area contributed by atoms with Crippen molar-refractivity contribution in [2.45, 2.75) is 47.0 Å². The van der Waals surface area contributed by atoms with E-state index in [-0.39, 0.29) is 0 Å². The molecule has 0 radical (unpaired) electrons. The predicted molar refractivity (Wildman–Crippen MR) is 199 cm³/mol. The molecule has 2 aliphatic rings. The van der Waals surface area contributed by atoms with Crippen LogP contribution in [0.4, 0.5) is 11.4 Å². The molecule has 0 amide bonds. The van der Waals surface area contributed by atoms with Crippen molar-refractivity contribution in [3.63, 3.8) is 0 Å². The standard InChI is InChI=1S/C45H41NO2/c1-25-9-14-34-37-23-43(47-7)44(48-8)24-41(37)45(38(34)17-25)39-21-29(5)28(4)20-36(39)35-15-13-33(22-40(35)45)46-42-16-12-32(19-30(42)6)31-11-10-26(2)27(3)18-31/h9-24,46H,1-8H3. The topological polar surface area (TPSA) is 30.5 Å². The molecular weight excluding hydrogens is 587 g/mol. The van der Waals surface area contributed by atoms with Crippen molar-refractivity contribution in [2.75, 3.05) is 19.5 Å². The molecule has 0 fully saturated rings. The second kappa shape index (κ2) is 10.9. The highest BCUT2D eigenvalue weighted by Crippen LogP contribution is 2.64. The molecule has 1 unspecified atom stereocenters. The molecule has 2 aliphatic carbocycles. The summed E-state index contributed by atoms with van der Waals surface area (Å²) in [5.74, 6) is 1.49. The maximum atomic E-state index is 5.94. The molecule has 48 heavy (non-hydrogen) atoms. The lowest BCUT2D eigenvalue weighted by molar-refractivity contribution is 0.354. The molecule has 0 heterocycles. The maximum Gasteiger partial charge on any atom is 0.161 e. The number of fused-ring (bicyclic) bond motifs is 10. The minimum Gasteiger partial charge on any atom is -0.493 e. The van der Waals surface area contributed by atoms with Crippen LogP contribution in [0.3, 0.4) is 0 Å². The van der Waals surface area contributed by atoms with Crippen molar-refractivity contribution in [1.29, 1.82) is 0 Å². The molecule has 3 heteroatoms. The van der Waals surface area contributed by atoms with E-state index in [0.29, 0.717) is 0 Å². The number of benzene rings is 6. The van der Waals surface area contributed by atoms with Crippen molar-refractivity contribution in [1.82, 2.24) is 0 Å². The van der Waals surface area contributed by atoms with Gasteiger partial charge >= 0.3 is 0 Å². The van der Waals surface area contributed by atoms with Crippen molar-refractivity contribution < 1.29 is 9.47 Å². The van der Waals surface area contributed by atoms with Gasteiger partial charge < -0.3 is 14.8 Å². The average Bonchev–Trinajstić information content (AvgIpc) is 3.51. The third-order valence-electron chi connectivity index (χ3n) is 10.9. The molecule has 0 aromatic heterocycles. The first-order valence-corrected chi connectivity index (χ1v) is 16.7. The molecule has 0 aliphatic heterocycles. The summed E-state index contributed by atoms with van der Waals surface area (Å²) in [5, 5.41) is 3.81. The zero-order valence-corrected chi connectivity index (χ0v) is 29.1. The fraction of sp³-hybridized carbons (Fsp3) is 0.200. The quantitative estimate of drug-likeness (QED) is 0.206. The Morgan fingerprint density at radius 1 is 0.438 bits per heavy atom. The van der Waals surface area contributed by atoms with E-state index in [1.807, 2.05) is 0 Å². The van der Waals surface area contributed by atoms with E-state index in [4.69, 9.17) is 9.47 Å². The summed E-state index contributed by atoms with van der Waals surface area (Å²) in [6.45, 7) is 13.2. The van der Waals surface area contributed by atoms with Gasteiger partial charge in [0, 0.05) is 11.4 Å². The first kappa shape index (κ1) is 30.1. The number of hydrogen-bond acceptors (Lipinski definition) is 3. The van der Waals surface area contributed by atoms with Crippen molar-refractivity contribution >= 4 is 11.4 Å². The zero-order valence-electron chi connectivity index (χ0n) is 29.1. The molecule has 0 bridgehead atoms. The van der Waals surface area contributed by atoms with E-state index >= 15 is 0 Å². The summed E-state index contributed by atoms with van der Waals surface area (Å²) in [4.78, 5) is 0. The number of methoxy groups -OCH3 is 2. The Balaban J connectivity index is 1.33. The van der Waals surface area contributed by atoms with Gasteiger partial charge in [0.2, 0.25) is 0 Å². The van der Waals surface area contributed by atoms with Crippen LogP contribution in [0.5, 0.6) is 11.5 Å². The molecular formula is C45H41NO2. The molecule has 238 valence electrons. The van der Waals surface area contributed by atoms with Gasteiger partial charge in [-0.25, -0.2) is 0 Å². The van der Waals surface area contributed by atoms with Gasteiger partial charge in [0.05, 0.1) is 19.6 Å². The Hall–Kier alpha value is -5.28. The average molecular weight is 628 g/mol. The first-order valence-electron chi connectivity index (χ1n) is 16.7. The van der Waals surface area contributed by atoms with Crippen LogP contribution in [-0.2, 0) is 5.41 Å². The van der Waals surface area contributed by atoms with Crippen molar-refractivity contribution in [3.05, 3.63) is 153 Å². The summed E-state index contributed by atoms with van der Waals surface area (Å²) >= 11 is 0. The second-order valence-corrected chi connectivity index (χ2v) is 13.7. The van der Waals surface area contributed by atoms with Gasteiger partial charge in [-0.05, 0) is 161 Å². The highest BCUT2D eigenvalue weighted by Gasteiger charge is 2.52. The fourth-order valence-electron chi connectivity index (χ4n) is 8.06. The van der Waals surface area contributed by atoms with E-state index in [1.165, 1.54) is 89.0 Å². The van der Waals surface area contributed by atoms with Crippen LogP contribution in [0.25, 0.3) is 33.4 Å². The third kappa shape index (κ3) is 4.27. The number of anilines is 2. The van der Waals surface area contributed by atoms with E-state index in [0.717, 1.165) is 22.9 Å².